The quantitative estimate of drug-likeness (QED) is 0.262. The number of hydrogen-bond acceptors (Lipinski definition) is 6. The van der Waals surface area contributed by atoms with E-state index in [-0.39, 0.29) is 30.9 Å². The third-order valence-electron chi connectivity index (χ3n) is 3.24. The summed E-state index contributed by atoms with van der Waals surface area (Å²) in [6.45, 7) is 3.30. The van der Waals surface area contributed by atoms with E-state index in [1.165, 1.54) is 0 Å². The van der Waals surface area contributed by atoms with Crippen molar-refractivity contribution in [3.63, 3.8) is 0 Å². The standard InChI is InChI=1S/C14H25N3O6S/c1-7(2)12(14(22)23)17-13(21)9(6-24)16-10(18)4-3-8(15)5-11(19)20/h7-9,12,24H,3-6,15H2,1-2H3,(H,16,18)(H,17,21)(H,19,20)(H,22,23)/t8?,9-,12+/m0/s1. The number of rotatable bonds is 11. The normalized spacial score (nSPS) is 14.5. The van der Waals surface area contributed by atoms with Gasteiger partial charge in [-0.05, 0) is 12.3 Å². The second-order valence-corrected chi connectivity index (χ2v) is 6.13. The monoisotopic (exact) mass is 363 g/mol. The minimum absolute atomic E-state index is 0.0107. The van der Waals surface area contributed by atoms with Gasteiger partial charge in [-0.3, -0.25) is 14.4 Å². The summed E-state index contributed by atoms with van der Waals surface area (Å²) in [6.07, 6.45) is -0.139. The van der Waals surface area contributed by atoms with Gasteiger partial charge in [-0.2, -0.15) is 12.6 Å². The first-order chi connectivity index (χ1) is 11.1. The molecule has 0 aliphatic heterocycles. The third kappa shape index (κ3) is 8.73. The Morgan fingerprint density at radius 1 is 1.12 bits per heavy atom. The van der Waals surface area contributed by atoms with Crippen LogP contribution >= 0.6 is 12.6 Å². The number of carbonyl (C=O) groups is 4. The molecule has 10 heteroatoms. The molecular weight excluding hydrogens is 338 g/mol. The molecule has 9 nitrogen and oxygen atoms in total. The van der Waals surface area contributed by atoms with Crippen molar-refractivity contribution in [2.24, 2.45) is 11.7 Å². The molecule has 0 aromatic rings. The average Bonchev–Trinajstić information content (AvgIpc) is 2.46. The second kappa shape index (κ2) is 10.9. The van der Waals surface area contributed by atoms with Gasteiger partial charge in [0, 0.05) is 18.2 Å². The van der Waals surface area contributed by atoms with Gasteiger partial charge >= 0.3 is 11.9 Å². The number of hydrogen-bond donors (Lipinski definition) is 6. The molecule has 0 aliphatic rings. The van der Waals surface area contributed by atoms with Crippen molar-refractivity contribution >= 4 is 36.4 Å². The zero-order chi connectivity index (χ0) is 18.9. The Morgan fingerprint density at radius 2 is 1.71 bits per heavy atom. The van der Waals surface area contributed by atoms with E-state index in [1.807, 2.05) is 0 Å². The Morgan fingerprint density at radius 3 is 2.12 bits per heavy atom. The number of amides is 2. The Balaban J connectivity index is 4.52. The molecule has 0 saturated carbocycles. The summed E-state index contributed by atoms with van der Waals surface area (Å²) in [5, 5.41) is 22.4. The molecule has 0 aromatic heterocycles. The summed E-state index contributed by atoms with van der Waals surface area (Å²) < 4.78 is 0. The first kappa shape index (κ1) is 22.2. The van der Waals surface area contributed by atoms with Gasteiger partial charge in [0.1, 0.15) is 12.1 Å². The highest BCUT2D eigenvalue weighted by atomic mass is 32.1. The van der Waals surface area contributed by atoms with Crippen molar-refractivity contribution in [3.05, 3.63) is 0 Å². The summed E-state index contributed by atoms with van der Waals surface area (Å²) in [7, 11) is 0. The molecule has 6 N–H and O–H groups in total. The van der Waals surface area contributed by atoms with Crippen LogP contribution in [0.25, 0.3) is 0 Å². The number of nitrogens with two attached hydrogens (primary N) is 1. The van der Waals surface area contributed by atoms with Crippen molar-refractivity contribution in [1.29, 1.82) is 0 Å². The minimum Gasteiger partial charge on any atom is -0.481 e. The molecule has 0 radical (unpaired) electrons. The highest BCUT2D eigenvalue weighted by Gasteiger charge is 2.27. The fourth-order valence-electron chi connectivity index (χ4n) is 1.87. The Kier molecular flexibility index (Phi) is 10.0. The van der Waals surface area contributed by atoms with E-state index >= 15 is 0 Å². The topological polar surface area (TPSA) is 159 Å². The van der Waals surface area contributed by atoms with Crippen LogP contribution in [0.5, 0.6) is 0 Å². The van der Waals surface area contributed by atoms with Gasteiger partial charge in [0.05, 0.1) is 6.42 Å². The van der Waals surface area contributed by atoms with Gasteiger partial charge < -0.3 is 26.6 Å². The molecule has 0 bridgehead atoms. The van der Waals surface area contributed by atoms with Crippen LogP contribution in [0.3, 0.4) is 0 Å². The van der Waals surface area contributed by atoms with Crippen molar-refractivity contribution < 1.29 is 29.4 Å². The molecule has 0 aliphatic carbocycles. The third-order valence-corrected chi connectivity index (χ3v) is 3.61. The van der Waals surface area contributed by atoms with Crippen molar-refractivity contribution in [2.75, 3.05) is 5.75 Å². The average molecular weight is 363 g/mol. The Hall–Kier alpha value is -1.81. The molecule has 24 heavy (non-hydrogen) atoms. The lowest BCUT2D eigenvalue weighted by molar-refractivity contribution is -0.143. The van der Waals surface area contributed by atoms with Crippen LogP contribution in [-0.4, -0.2) is 57.8 Å². The van der Waals surface area contributed by atoms with Gasteiger partial charge in [0.2, 0.25) is 11.8 Å². The van der Waals surface area contributed by atoms with Gasteiger partial charge in [-0.25, -0.2) is 4.79 Å². The van der Waals surface area contributed by atoms with Crippen LogP contribution in [0, 0.1) is 5.92 Å². The molecule has 0 aromatic carbocycles. The van der Waals surface area contributed by atoms with Crippen LogP contribution in [-0.2, 0) is 19.2 Å². The highest BCUT2D eigenvalue weighted by Crippen LogP contribution is 2.04. The molecule has 138 valence electrons. The van der Waals surface area contributed by atoms with Gasteiger partial charge in [-0.1, -0.05) is 13.8 Å². The van der Waals surface area contributed by atoms with Crippen LogP contribution in [0.15, 0.2) is 0 Å². The SMILES string of the molecule is CC(C)[C@@H](NC(=O)[C@H](CS)NC(=O)CCC(N)CC(=O)O)C(=O)O. The van der Waals surface area contributed by atoms with Crippen LogP contribution in [0.4, 0.5) is 0 Å². The van der Waals surface area contributed by atoms with E-state index < -0.39 is 41.9 Å². The van der Waals surface area contributed by atoms with E-state index in [0.717, 1.165) is 0 Å². The zero-order valence-electron chi connectivity index (χ0n) is 13.7. The molecule has 1 unspecified atom stereocenters. The number of aliphatic carboxylic acids is 2. The lowest BCUT2D eigenvalue weighted by Crippen LogP contribution is -2.53. The van der Waals surface area contributed by atoms with Crippen LogP contribution < -0.4 is 16.4 Å². The molecule has 0 heterocycles. The van der Waals surface area contributed by atoms with Crippen LogP contribution in [0.2, 0.25) is 0 Å². The Labute approximate surface area is 145 Å². The number of carboxylic acid groups (broad SMARTS) is 2. The summed E-state index contributed by atoms with van der Waals surface area (Å²) in [5.74, 6) is -3.68. The van der Waals surface area contributed by atoms with E-state index in [4.69, 9.17) is 15.9 Å². The highest BCUT2D eigenvalue weighted by molar-refractivity contribution is 7.80. The maximum absolute atomic E-state index is 12.1. The van der Waals surface area contributed by atoms with Gasteiger partial charge in [-0.15, -0.1) is 0 Å². The van der Waals surface area contributed by atoms with E-state index in [2.05, 4.69) is 23.3 Å². The van der Waals surface area contributed by atoms with Crippen molar-refractivity contribution in [1.82, 2.24) is 10.6 Å². The molecule has 0 fully saturated rings. The number of nitrogens with one attached hydrogen (secondary N) is 2. The molecule has 3 atom stereocenters. The van der Waals surface area contributed by atoms with Crippen molar-refractivity contribution in [3.8, 4) is 0 Å². The smallest absolute Gasteiger partial charge is 0.326 e. The van der Waals surface area contributed by atoms with E-state index in [9.17, 15) is 19.2 Å². The minimum atomic E-state index is -1.16. The summed E-state index contributed by atoms with van der Waals surface area (Å²) >= 11 is 3.98. The maximum atomic E-state index is 12.1. The lowest BCUT2D eigenvalue weighted by atomic mass is 10.0. The summed E-state index contributed by atoms with van der Waals surface area (Å²) in [6, 6.07) is -2.72. The summed E-state index contributed by atoms with van der Waals surface area (Å²) in [4.78, 5) is 45.5. The first-order valence-corrected chi connectivity index (χ1v) is 8.12. The Bertz CT molecular complexity index is 471. The fraction of sp³-hybridized carbons (Fsp3) is 0.714. The molecule has 0 rings (SSSR count). The largest absolute Gasteiger partial charge is 0.481 e. The van der Waals surface area contributed by atoms with E-state index in [0.29, 0.717) is 0 Å². The summed E-state index contributed by atoms with van der Waals surface area (Å²) in [5.41, 5.74) is 5.56. The molecule has 0 saturated heterocycles. The lowest BCUT2D eigenvalue weighted by Gasteiger charge is -2.22. The fourth-order valence-corrected chi connectivity index (χ4v) is 2.13. The predicted molar refractivity (Wildman–Crippen MR) is 89.7 cm³/mol. The maximum Gasteiger partial charge on any atom is 0.326 e. The predicted octanol–water partition coefficient (Wildman–Crippen LogP) is -0.791. The number of thiol groups is 1. The van der Waals surface area contributed by atoms with Crippen molar-refractivity contribution in [2.45, 2.75) is 51.2 Å². The number of carboxylic acids is 2. The zero-order valence-corrected chi connectivity index (χ0v) is 14.6. The number of carbonyl (C=O) groups excluding carboxylic acids is 2. The molecule has 2 amide bonds. The van der Waals surface area contributed by atoms with E-state index in [1.54, 1.807) is 13.8 Å². The van der Waals surface area contributed by atoms with Gasteiger partial charge in [0.15, 0.2) is 0 Å². The van der Waals surface area contributed by atoms with Crippen LogP contribution in [0.1, 0.15) is 33.1 Å². The first-order valence-electron chi connectivity index (χ1n) is 7.49. The molecule has 0 spiro atoms. The molecular formula is C14H25N3O6S. The second-order valence-electron chi connectivity index (χ2n) is 5.77. The van der Waals surface area contributed by atoms with Gasteiger partial charge in [0.25, 0.3) is 0 Å².